The van der Waals surface area contributed by atoms with Crippen LogP contribution in [-0.2, 0) is 13.1 Å². The second-order valence-electron chi connectivity index (χ2n) is 6.41. The molecule has 1 aliphatic rings. The summed E-state index contributed by atoms with van der Waals surface area (Å²) in [5, 5.41) is 6.60. The normalized spacial score (nSPS) is 14.0. The Morgan fingerprint density at radius 3 is 2.38 bits per heavy atom. The first-order chi connectivity index (χ1) is 12.7. The van der Waals surface area contributed by atoms with Crippen molar-refractivity contribution in [2.24, 2.45) is 4.99 Å². The van der Waals surface area contributed by atoms with Gasteiger partial charge >= 0.3 is 0 Å². The lowest BCUT2D eigenvalue weighted by molar-refractivity contribution is 0.617. The van der Waals surface area contributed by atoms with Crippen molar-refractivity contribution >= 4 is 11.6 Å². The number of aliphatic imine (C=N–C) groups is 1. The van der Waals surface area contributed by atoms with E-state index in [4.69, 9.17) is 0 Å². The van der Waals surface area contributed by atoms with Crippen molar-refractivity contribution in [3.63, 3.8) is 0 Å². The van der Waals surface area contributed by atoms with Crippen molar-refractivity contribution in [1.82, 2.24) is 10.6 Å². The molecule has 0 bridgehead atoms. The molecule has 2 aromatic rings. The van der Waals surface area contributed by atoms with E-state index in [0.29, 0.717) is 18.7 Å². The number of nitrogens with one attached hydrogen (secondary N) is 2. The molecule has 26 heavy (non-hydrogen) atoms. The van der Waals surface area contributed by atoms with Crippen molar-refractivity contribution < 1.29 is 4.39 Å². The highest BCUT2D eigenvalue weighted by atomic mass is 19.1. The average Bonchev–Trinajstić information content (AvgIpc) is 3.20. The van der Waals surface area contributed by atoms with Crippen LogP contribution < -0.4 is 15.5 Å². The summed E-state index contributed by atoms with van der Waals surface area (Å²) in [5.41, 5.74) is 4.12. The van der Waals surface area contributed by atoms with Gasteiger partial charge in [0.1, 0.15) is 5.82 Å². The van der Waals surface area contributed by atoms with Gasteiger partial charge in [0.25, 0.3) is 0 Å². The van der Waals surface area contributed by atoms with Gasteiger partial charge in [-0.05, 0) is 41.8 Å². The zero-order chi connectivity index (χ0) is 18.4. The van der Waals surface area contributed by atoms with Gasteiger partial charge in [-0.1, -0.05) is 36.4 Å². The molecular weight excluding hydrogens is 327 g/mol. The summed E-state index contributed by atoms with van der Waals surface area (Å²) < 4.78 is 13.4. The second kappa shape index (κ2) is 8.52. The molecule has 136 valence electrons. The van der Waals surface area contributed by atoms with Gasteiger partial charge in [-0.2, -0.15) is 0 Å². The molecule has 2 aromatic carbocycles. The van der Waals surface area contributed by atoms with Crippen LogP contribution in [0.1, 0.15) is 16.7 Å². The highest BCUT2D eigenvalue weighted by Gasteiger charge is 2.08. The van der Waals surface area contributed by atoms with Crippen molar-refractivity contribution in [3.05, 3.63) is 77.1 Å². The lowest BCUT2D eigenvalue weighted by atomic mass is 10.1. The van der Waals surface area contributed by atoms with Crippen LogP contribution in [0.25, 0.3) is 0 Å². The maximum Gasteiger partial charge on any atom is 0.191 e. The zero-order valence-electron chi connectivity index (χ0n) is 15.3. The van der Waals surface area contributed by atoms with Crippen molar-refractivity contribution in [2.75, 3.05) is 25.0 Å². The van der Waals surface area contributed by atoms with E-state index in [1.165, 1.54) is 17.3 Å². The molecule has 0 fully saturated rings. The number of hydrogen-bond donors (Lipinski definition) is 2. The van der Waals surface area contributed by atoms with E-state index in [1.807, 2.05) is 6.07 Å². The number of hydrogen-bond acceptors (Lipinski definition) is 2. The SMILES string of the molecule is CN=C(NCc1cccc(N2CC=CC2)c1)NCc1ccc(F)c(C)c1. The van der Waals surface area contributed by atoms with Crippen molar-refractivity contribution in [2.45, 2.75) is 20.0 Å². The first-order valence-corrected chi connectivity index (χ1v) is 8.84. The lowest BCUT2D eigenvalue weighted by Crippen LogP contribution is -2.36. The number of nitrogens with zero attached hydrogens (tertiary/aromatic N) is 2. The Bertz CT molecular complexity index is 805. The summed E-state index contributed by atoms with van der Waals surface area (Å²) in [4.78, 5) is 6.58. The molecule has 1 aliphatic heterocycles. The van der Waals surface area contributed by atoms with Crippen molar-refractivity contribution in [3.8, 4) is 0 Å². The second-order valence-corrected chi connectivity index (χ2v) is 6.41. The van der Waals surface area contributed by atoms with Crippen LogP contribution in [0.2, 0.25) is 0 Å². The van der Waals surface area contributed by atoms with Gasteiger partial charge in [-0.25, -0.2) is 4.39 Å². The molecule has 0 spiro atoms. The molecule has 1 heterocycles. The standard InChI is InChI=1S/C21H25FN4/c1-16-12-18(8-9-20(16)22)15-25-21(23-2)24-14-17-6-5-7-19(13-17)26-10-3-4-11-26/h3-9,12-13H,10-11,14-15H2,1-2H3,(H2,23,24,25). The maximum absolute atomic E-state index is 13.4. The smallest absolute Gasteiger partial charge is 0.191 e. The predicted octanol–water partition coefficient (Wildman–Crippen LogP) is 3.38. The number of benzene rings is 2. The summed E-state index contributed by atoms with van der Waals surface area (Å²) in [6, 6.07) is 13.7. The Hall–Kier alpha value is -2.82. The molecule has 0 unspecified atom stereocenters. The third-order valence-electron chi connectivity index (χ3n) is 4.46. The first-order valence-electron chi connectivity index (χ1n) is 8.84. The minimum atomic E-state index is -0.177. The minimum Gasteiger partial charge on any atom is -0.364 e. The summed E-state index contributed by atoms with van der Waals surface area (Å²) >= 11 is 0. The van der Waals surface area contributed by atoms with Gasteiger partial charge in [0.05, 0.1) is 0 Å². The van der Waals surface area contributed by atoms with E-state index < -0.39 is 0 Å². The Labute approximate surface area is 154 Å². The molecule has 0 amide bonds. The fourth-order valence-corrected chi connectivity index (χ4v) is 2.96. The number of rotatable bonds is 5. The molecule has 0 saturated carbocycles. The highest BCUT2D eigenvalue weighted by molar-refractivity contribution is 5.79. The number of guanidine groups is 1. The number of anilines is 1. The van der Waals surface area contributed by atoms with E-state index in [9.17, 15) is 4.39 Å². The molecule has 4 nitrogen and oxygen atoms in total. The first kappa shape index (κ1) is 18.0. The molecular formula is C21H25FN4. The third kappa shape index (κ3) is 4.63. The van der Waals surface area contributed by atoms with E-state index in [0.717, 1.165) is 24.6 Å². The Morgan fingerprint density at radius 2 is 1.73 bits per heavy atom. The number of halogens is 1. The molecule has 0 atom stereocenters. The Balaban J connectivity index is 1.54. The maximum atomic E-state index is 13.4. The van der Waals surface area contributed by atoms with Crippen LogP contribution in [0, 0.1) is 12.7 Å². The van der Waals surface area contributed by atoms with Gasteiger partial charge in [-0.3, -0.25) is 4.99 Å². The van der Waals surface area contributed by atoms with Crippen LogP contribution in [-0.4, -0.2) is 26.1 Å². The van der Waals surface area contributed by atoms with Crippen LogP contribution >= 0.6 is 0 Å². The van der Waals surface area contributed by atoms with Gasteiger partial charge in [-0.15, -0.1) is 0 Å². The van der Waals surface area contributed by atoms with Crippen LogP contribution in [0.5, 0.6) is 0 Å². The van der Waals surface area contributed by atoms with Gasteiger partial charge in [0.15, 0.2) is 5.96 Å². The summed E-state index contributed by atoms with van der Waals surface area (Å²) in [6.07, 6.45) is 4.38. The fraction of sp³-hybridized carbons (Fsp3) is 0.286. The van der Waals surface area contributed by atoms with E-state index >= 15 is 0 Å². The zero-order valence-corrected chi connectivity index (χ0v) is 15.3. The molecule has 0 radical (unpaired) electrons. The molecule has 5 heteroatoms. The summed E-state index contributed by atoms with van der Waals surface area (Å²) in [6.45, 7) is 5.00. The van der Waals surface area contributed by atoms with Gasteiger partial charge in [0, 0.05) is 38.9 Å². The monoisotopic (exact) mass is 352 g/mol. The van der Waals surface area contributed by atoms with Crippen molar-refractivity contribution in [1.29, 1.82) is 0 Å². The van der Waals surface area contributed by atoms with Crippen LogP contribution in [0.3, 0.4) is 0 Å². The Kier molecular flexibility index (Phi) is 5.89. The largest absolute Gasteiger partial charge is 0.364 e. The summed E-state index contributed by atoms with van der Waals surface area (Å²) in [5.74, 6) is 0.546. The lowest BCUT2D eigenvalue weighted by Gasteiger charge is -2.19. The molecule has 0 saturated heterocycles. The quantitative estimate of drug-likeness (QED) is 0.492. The van der Waals surface area contributed by atoms with Gasteiger partial charge < -0.3 is 15.5 Å². The molecule has 2 N–H and O–H groups in total. The topological polar surface area (TPSA) is 39.7 Å². The van der Waals surface area contributed by atoms with E-state index in [-0.39, 0.29) is 5.82 Å². The third-order valence-corrected chi connectivity index (χ3v) is 4.46. The minimum absolute atomic E-state index is 0.177. The van der Waals surface area contributed by atoms with Crippen LogP contribution in [0.15, 0.2) is 59.6 Å². The molecule has 0 aliphatic carbocycles. The fourth-order valence-electron chi connectivity index (χ4n) is 2.96. The Morgan fingerprint density at radius 1 is 1.04 bits per heavy atom. The molecule has 0 aromatic heterocycles. The van der Waals surface area contributed by atoms with E-state index in [2.05, 4.69) is 56.9 Å². The average molecular weight is 352 g/mol. The highest BCUT2D eigenvalue weighted by Crippen LogP contribution is 2.18. The molecule has 3 rings (SSSR count). The van der Waals surface area contributed by atoms with Crippen LogP contribution in [0.4, 0.5) is 10.1 Å². The number of aryl methyl sites for hydroxylation is 1. The van der Waals surface area contributed by atoms with Gasteiger partial charge in [0.2, 0.25) is 0 Å². The predicted molar refractivity (Wildman–Crippen MR) is 106 cm³/mol. The van der Waals surface area contributed by atoms with E-state index in [1.54, 1.807) is 20.0 Å². The summed E-state index contributed by atoms with van der Waals surface area (Å²) in [7, 11) is 1.75.